The Kier molecular flexibility index (Phi) is 4.95. The summed E-state index contributed by atoms with van der Waals surface area (Å²) >= 11 is 5.74. The van der Waals surface area contributed by atoms with Crippen LogP contribution in [0.3, 0.4) is 0 Å². The monoisotopic (exact) mass is 342 g/mol. The standard InChI is InChI=1S/C16H10ClF3O3/c17-13-9-10(2-8-15(13)22)1-7-14(21)11-3-5-12(6-4-11)23-16(18,19)20/h1-9,22H/b7-1+. The van der Waals surface area contributed by atoms with Crippen molar-refractivity contribution in [2.45, 2.75) is 6.36 Å². The van der Waals surface area contributed by atoms with Crippen LogP contribution in [0.2, 0.25) is 5.02 Å². The third kappa shape index (κ3) is 5.03. The molecule has 0 aliphatic rings. The molecule has 0 bridgehead atoms. The van der Waals surface area contributed by atoms with E-state index in [4.69, 9.17) is 11.6 Å². The first-order valence-electron chi connectivity index (χ1n) is 6.31. The first-order valence-corrected chi connectivity index (χ1v) is 6.69. The minimum Gasteiger partial charge on any atom is -0.506 e. The fraction of sp³-hybridized carbons (Fsp3) is 0.0625. The van der Waals surface area contributed by atoms with E-state index < -0.39 is 17.9 Å². The van der Waals surface area contributed by atoms with Crippen LogP contribution in [0.4, 0.5) is 13.2 Å². The maximum atomic E-state index is 12.0. The molecule has 1 N–H and O–H groups in total. The number of phenolic OH excluding ortho intramolecular Hbond substituents is 1. The predicted octanol–water partition coefficient (Wildman–Crippen LogP) is 4.84. The molecule has 2 aromatic carbocycles. The zero-order chi connectivity index (χ0) is 17.0. The van der Waals surface area contributed by atoms with Crippen LogP contribution in [0.1, 0.15) is 15.9 Å². The second kappa shape index (κ2) is 6.75. The molecule has 23 heavy (non-hydrogen) atoms. The molecule has 0 atom stereocenters. The number of rotatable bonds is 4. The average Bonchev–Trinajstić information content (AvgIpc) is 2.47. The number of carbonyl (C=O) groups excluding carboxylic acids is 1. The highest BCUT2D eigenvalue weighted by molar-refractivity contribution is 6.32. The molecule has 7 heteroatoms. The van der Waals surface area contributed by atoms with E-state index in [1.54, 1.807) is 6.07 Å². The first kappa shape index (κ1) is 16.9. The van der Waals surface area contributed by atoms with Crippen LogP contribution in [0.5, 0.6) is 11.5 Å². The lowest BCUT2D eigenvalue weighted by Gasteiger charge is -2.08. The number of phenols is 1. The van der Waals surface area contributed by atoms with Crippen molar-refractivity contribution in [3.05, 3.63) is 64.7 Å². The number of alkyl halides is 3. The Balaban J connectivity index is 2.08. The van der Waals surface area contributed by atoms with Gasteiger partial charge in [0, 0.05) is 5.56 Å². The molecule has 0 aliphatic heterocycles. The minimum atomic E-state index is -4.77. The maximum Gasteiger partial charge on any atom is 0.573 e. The molecule has 0 saturated heterocycles. The topological polar surface area (TPSA) is 46.5 Å². The molecule has 120 valence electrons. The Morgan fingerprint density at radius 2 is 1.78 bits per heavy atom. The molecule has 2 aromatic rings. The SMILES string of the molecule is O=C(/C=C/c1ccc(O)c(Cl)c1)c1ccc(OC(F)(F)F)cc1. The van der Waals surface area contributed by atoms with E-state index in [1.165, 1.54) is 36.4 Å². The summed E-state index contributed by atoms with van der Waals surface area (Å²) in [5.41, 5.74) is 0.804. The lowest BCUT2D eigenvalue weighted by molar-refractivity contribution is -0.274. The van der Waals surface area contributed by atoms with E-state index in [1.807, 2.05) is 0 Å². The third-order valence-corrected chi connectivity index (χ3v) is 3.07. The summed E-state index contributed by atoms with van der Waals surface area (Å²) in [4.78, 5) is 11.9. The van der Waals surface area contributed by atoms with Crippen LogP contribution in [-0.4, -0.2) is 17.3 Å². The van der Waals surface area contributed by atoms with Crippen LogP contribution >= 0.6 is 11.6 Å². The summed E-state index contributed by atoms with van der Waals surface area (Å²) < 4.78 is 39.8. The summed E-state index contributed by atoms with van der Waals surface area (Å²) in [5, 5.41) is 9.44. The molecule has 0 spiro atoms. The summed E-state index contributed by atoms with van der Waals surface area (Å²) in [5.74, 6) is -0.869. The largest absolute Gasteiger partial charge is 0.573 e. The van der Waals surface area contributed by atoms with E-state index in [-0.39, 0.29) is 16.3 Å². The number of ketones is 1. The third-order valence-electron chi connectivity index (χ3n) is 2.77. The number of ether oxygens (including phenoxy) is 1. The van der Waals surface area contributed by atoms with Gasteiger partial charge in [-0.15, -0.1) is 13.2 Å². The molecular formula is C16H10ClF3O3. The second-order valence-corrected chi connectivity index (χ2v) is 4.89. The first-order chi connectivity index (χ1) is 10.7. The zero-order valence-corrected chi connectivity index (χ0v) is 12.2. The van der Waals surface area contributed by atoms with Gasteiger partial charge in [0.15, 0.2) is 5.78 Å². The number of carbonyl (C=O) groups is 1. The van der Waals surface area contributed by atoms with E-state index >= 15 is 0 Å². The van der Waals surface area contributed by atoms with Crippen LogP contribution in [-0.2, 0) is 0 Å². The molecule has 3 nitrogen and oxygen atoms in total. The van der Waals surface area contributed by atoms with Gasteiger partial charge in [0.1, 0.15) is 11.5 Å². The fourth-order valence-corrected chi connectivity index (χ4v) is 1.90. The van der Waals surface area contributed by atoms with Crippen molar-refractivity contribution < 1.29 is 27.8 Å². The quantitative estimate of drug-likeness (QED) is 0.639. The number of hydrogen-bond acceptors (Lipinski definition) is 3. The highest BCUT2D eigenvalue weighted by Crippen LogP contribution is 2.25. The normalized spacial score (nSPS) is 11.7. The van der Waals surface area contributed by atoms with Gasteiger partial charge in [-0.1, -0.05) is 23.7 Å². The summed E-state index contributed by atoms with van der Waals surface area (Å²) in [6.07, 6.45) is -2.04. The van der Waals surface area contributed by atoms with Crippen molar-refractivity contribution >= 4 is 23.5 Å². The van der Waals surface area contributed by atoms with Crippen LogP contribution in [0.25, 0.3) is 6.08 Å². The minimum absolute atomic E-state index is 0.0737. The van der Waals surface area contributed by atoms with Crippen molar-refractivity contribution in [1.29, 1.82) is 0 Å². The number of benzene rings is 2. The average molecular weight is 343 g/mol. The lowest BCUT2D eigenvalue weighted by Crippen LogP contribution is -2.17. The van der Waals surface area contributed by atoms with Gasteiger partial charge in [0.05, 0.1) is 5.02 Å². The molecule has 0 heterocycles. The second-order valence-electron chi connectivity index (χ2n) is 4.48. The van der Waals surface area contributed by atoms with E-state index in [0.717, 1.165) is 12.1 Å². The maximum absolute atomic E-state index is 12.0. The van der Waals surface area contributed by atoms with E-state index in [2.05, 4.69) is 4.74 Å². The zero-order valence-electron chi connectivity index (χ0n) is 11.5. The molecule has 0 aromatic heterocycles. The summed E-state index contributed by atoms with van der Waals surface area (Å²) in [7, 11) is 0. The molecule has 0 aliphatic carbocycles. The molecule has 0 radical (unpaired) electrons. The van der Waals surface area contributed by atoms with Crippen molar-refractivity contribution in [2.75, 3.05) is 0 Å². The molecular weight excluding hydrogens is 333 g/mol. The van der Waals surface area contributed by atoms with E-state index in [0.29, 0.717) is 5.56 Å². The van der Waals surface area contributed by atoms with Gasteiger partial charge in [0.2, 0.25) is 0 Å². The Hall–Kier alpha value is -2.47. The van der Waals surface area contributed by atoms with Gasteiger partial charge < -0.3 is 9.84 Å². The molecule has 2 rings (SSSR count). The van der Waals surface area contributed by atoms with Gasteiger partial charge in [-0.3, -0.25) is 4.79 Å². The van der Waals surface area contributed by atoms with Gasteiger partial charge >= 0.3 is 6.36 Å². The Morgan fingerprint density at radius 1 is 1.13 bits per heavy atom. The summed E-state index contributed by atoms with van der Waals surface area (Å²) in [6, 6.07) is 9.01. The van der Waals surface area contributed by atoms with Crippen molar-refractivity contribution in [2.24, 2.45) is 0 Å². The molecule has 0 fully saturated rings. The number of hydrogen-bond donors (Lipinski definition) is 1. The highest BCUT2D eigenvalue weighted by atomic mass is 35.5. The van der Waals surface area contributed by atoms with Gasteiger partial charge in [-0.05, 0) is 48.0 Å². The fourth-order valence-electron chi connectivity index (χ4n) is 1.72. The van der Waals surface area contributed by atoms with Crippen molar-refractivity contribution in [3.8, 4) is 11.5 Å². The van der Waals surface area contributed by atoms with Crippen LogP contribution in [0.15, 0.2) is 48.5 Å². The number of halogens is 4. The predicted molar refractivity (Wildman–Crippen MR) is 79.6 cm³/mol. The Morgan fingerprint density at radius 3 is 2.35 bits per heavy atom. The Bertz CT molecular complexity index is 737. The van der Waals surface area contributed by atoms with Gasteiger partial charge in [0.25, 0.3) is 0 Å². The smallest absolute Gasteiger partial charge is 0.506 e. The van der Waals surface area contributed by atoms with Crippen molar-refractivity contribution in [1.82, 2.24) is 0 Å². The lowest BCUT2D eigenvalue weighted by atomic mass is 10.1. The molecule has 0 amide bonds. The highest BCUT2D eigenvalue weighted by Gasteiger charge is 2.30. The van der Waals surface area contributed by atoms with E-state index in [9.17, 15) is 23.1 Å². The molecule has 0 unspecified atom stereocenters. The number of aromatic hydroxyl groups is 1. The van der Waals surface area contributed by atoms with Crippen LogP contribution in [0, 0.1) is 0 Å². The van der Waals surface area contributed by atoms with Gasteiger partial charge in [-0.25, -0.2) is 0 Å². The molecule has 0 saturated carbocycles. The number of allylic oxidation sites excluding steroid dienone is 1. The van der Waals surface area contributed by atoms with Gasteiger partial charge in [-0.2, -0.15) is 0 Å². The Labute approximate surface area is 134 Å². The van der Waals surface area contributed by atoms with Crippen LogP contribution < -0.4 is 4.74 Å². The van der Waals surface area contributed by atoms with Crippen molar-refractivity contribution in [3.63, 3.8) is 0 Å². The summed E-state index contributed by atoms with van der Waals surface area (Å²) in [6.45, 7) is 0.